The van der Waals surface area contributed by atoms with Crippen molar-refractivity contribution in [3.8, 4) is 0 Å². The Kier molecular flexibility index (Phi) is 6.73. The lowest BCUT2D eigenvalue weighted by molar-refractivity contribution is -0.153. The molecule has 0 fully saturated rings. The third-order valence-corrected chi connectivity index (χ3v) is 3.41. The number of ether oxygens (including phenoxy) is 1. The first-order valence-electron chi connectivity index (χ1n) is 4.78. The highest BCUT2D eigenvalue weighted by molar-refractivity contribution is 14.1. The van der Waals surface area contributed by atoms with Crippen LogP contribution in [-0.4, -0.2) is 16.5 Å². The summed E-state index contributed by atoms with van der Waals surface area (Å²) in [5.74, 6) is 0.756. The Hall–Kier alpha value is 0.200. The van der Waals surface area contributed by atoms with Crippen molar-refractivity contribution in [2.24, 2.45) is 11.8 Å². The minimum atomic E-state index is -0.0876. The van der Waals surface area contributed by atoms with Crippen LogP contribution in [0.3, 0.4) is 0 Å². The summed E-state index contributed by atoms with van der Waals surface area (Å²) in [5, 5.41) is 0. The molecule has 0 rings (SSSR count). The van der Waals surface area contributed by atoms with Crippen molar-refractivity contribution in [3.63, 3.8) is 0 Å². The fourth-order valence-electron chi connectivity index (χ4n) is 1.23. The summed E-state index contributed by atoms with van der Waals surface area (Å²) >= 11 is 2.33. The number of halogens is 1. The van der Waals surface area contributed by atoms with Crippen LogP contribution < -0.4 is 0 Å². The monoisotopic (exact) mass is 298 g/mol. The van der Waals surface area contributed by atoms with Crippen molar-refractivity contribution in [1.82, 2.24) is 0 Å². The molecule has 0 aliphatic rings. The molecule has 0 heterocycles. The van der Waals surface area contributed by atoms with Gasteiger partial charge < -0.3 is 4.74 Å². The van der Waals surface area contributed by atoms with E-state index in [-0.39, 0.29) is 12.1 Å². The predicted molar refractivity (Wildman–Crippen MR) is 63.1 cm³/mol. The summed E-state index contributed by atoms with van der Waals surface area (Å²) < 4.78 is 6.40. The van der Waals surface area contributed by atoms with E-state index in [0.717, 1.165) is 4.43 Å². The quantitative estimate of drug-likeness (QED) is 0.443. The van der Waals surface area contributed by atoms with Crippen LogP contribution in [0.4, 0.5) is 0 Å². The largest absolute Gasteiger partial charge is 0.462 e. The fourth-order valence-corrected chi connectivity index (χ4v) is 1.73. The number of carbonyl (C=O) groups excluding carboxylic acids is 1. The van der Waals surface area contributed by atoms with Gasteiger partial charge in [0.25, 0.3) is 0 Å². The second kappa shape index (κ2) is 6.62. The van der Waals surface area contributed by atoms with E-state index < -0.39 is 0 Å². The van der Waals surface area contributed by atoms with E-state index in [4.69, 9.17) is 4.74 Å². The molecule has 0 aliphatic heterocycles. The summed E-state index contributed by atoms with van der Waals surface area (Å²) in [4.78, 5) is 11.1. The molecule has 0 saturated carbocycles. The third-order valence-electron chi connectivity index (χ3n) is 2.02. The smallest absolute Gasteiger partial charge is 0.305 e. The number of carbonyl (C=O) groups is 1. The second-order valence-electron chi connectivity index (χ2n) is 3.68. The van der Waals surface area contributed by atoms with E-state index in [1.807, 2.05) is 6.92 Å². The highest BCUT2D eigenvalue weighted by Gasteiger charge is 2.23. The van der Waals surface area contributed by atoms with E-state index in [2.05, 4.69) is 43.4 Å². The van der Waals surface area contributed by atoms with Gasteiger partial charge in [0.1, 0.15) is 6.10 Å². The number of rotatable bonds is 5. The van der Waals surface area contributed by atoms with Crippen LogP contribution in [0.15, 0.2) is 0 Å². The lowest BCUT2D eigenvalue weighted by Crippen LogP contribution is -2.30. The van der Waals surface area contributed by atoms with E-state index in [1.165, 1.54) is 0 Å². The predicted octanol–water partition coefficient (Wildman–Crippen LogP) is 3.04. The van der Waals surface area contributed by atoms with Crippen LogP contribution in [-0.2, 0) is 9.53 Å². The molecule has 0 aromatic rings. The molecule has 2 atom stereocenters. The van der Waals surface area contributed by atoms with Gasteiger partial charge in [0.05, 0.1) is 0 Å². The molecule has 0 aromatic carbocycles. The Balaban J connectivity index is 4.17. The van der Waals surface area contributed by atoms with Gasteiger partial charge in [0.2, 0.25) is 0 Å². The summed E-state index contributed by atoms with van der Waals surface area (Å²) in [7, 11) is 0. The SMILES string of the molecule is CCC(=O)O[C@@H](C(C)C)[C@H](C)CI. The van der Waals surface area contributed by atoms with Crippen LogP contribution in [0, 0.1) is 11.8 Å². The van der Waals surface area contributed by atoms with Crippen molar-refractivity contribution in [2.45, 2.75) is 40.2 Å². The van der Waals surface area contributed by atoms with Gasteiger partial charge in [-0.15, -0.1) is 0 Å². The molecule has 13 heavy (non-hydrogen) atoms. The zero-order chi connectivity index (χ0) is 10.4. The van der Waals surface area contributed by atoms with Gasteiger partial charge in [-0.1, -0.05) is 50.3 Å². The van der Waals surface area contributed by atoms with Crippen LogP contribution in [0.5, 0.6) is 0 Å². The molecule has 0 aliphatic carbocycles. The summed E-state index contributed by atoms with van der Waals surface area (Å²) in [6.07, 6.45) is 0.543. The van der Waals surface area contributed by atoms with Crippen molar-refractivity contribution in [1.29, 1.82) is 0 Å². The lowest BCUT2D eigenvalue weighted by Gasteiger charge is -2.25. The minimum absolute atomic E-state index is 0.0735. The molecule has 2 nitrogen and oxygen atoms in total. The number of hydrogen-bond acceptors (Lipinski definition) is 2. The Morgan fingerprint density at radius 1 is 1.38 bits per heavy atom. The first kappa shape index (κ1) is 13.2. The Labute approximate surface area is 94.6 Å². The molecule has 0 aromatic heterocycles. The van der Waals surface area contributed by atoms with Crippen LogP contribution in [0.1, 0.15) is 34.1 Å². The van der Waals surface area contributed by atoms with Gasteiger partial charge in [-0.25, -0.2) is 0 Å². The van der Waals surface area contributed by atoms with E-state index >= 15 is 0 Å². The first-order chi connectivity index (χ1) is 6.02. The van der Waals surface area contributed by atoms with Crippen molar-refractivity contribution in [3.05, 3.63) is 0 Å². The zero-order valence-electron chi connectivity index (χ0n) is 8.84. The molecule has 78 valence electrons. The van der Waals surface area contributed by atoms with Gasteiger partial charge >= 0.3 is 5.97 Å². The third kappa shape index (κ3) is 4.84. The molecular weight excluding hydrogens is 279 g/mol. The number of hydrogen-bond donors (Lipinski definition) is 0. The average molecular weight is 298 g/mol. The molecule has 0 unspecified atom stereocenters. The lowest BCUT2D eigenvalue weighted by atomic mass is 9.96. The summed E-state index contributed by atoms with van der Waals surface area (Å²) in [6.45, 7) is 8.14. The van der Waals surface area contributed by atoms with Crippen LogP contribution in [0.25, 0.3) is 0 Å². The van der Waals surface area contributed by atoms with Crippen molar-refractivity contribution >= 4 is 28.6 Å². The average Bonchev–Trinajstić information content (AvgIpc) is 2.11. The second-order valence-corrected chi connectivity index (χ2v) is 4.56. The van der Waals surface area contributed by atoms with Gasteiger partial charge in [-0.05, 0) is 5.92 Å². The number of esters is 1. The molecule has 0 saturated heterocycles. The van der Waals surface area contributed by atoms with Crippen LogP contribution in [0.2, 0.25) is 0 Å². The maximum atomic E-state index is 11.1. The number of alkyl halides is 1. The topological polar surface area (TPSA) is 26.3 Å². The molecular formula is C10H19IO2. The highest BCUT2D eigenvalue weighted by Crippen LogP contribution is 2.19. The Morgan fingerprint density at radius 3 is 2.23 bits per heavy atom. The fraction of sp³-hybridized carbons (Fsp3) is 0.900. The maximum absolute atomic E-state index is 11.1. The molecule has 0 bridgehead atoms. The van der Waals surface area contributed by atoms with E-state index in [1.54, 1.807) is 0 Å². The molecule has 0 N–H and O–H groups in total. The van der Waals surface area contributed by atoms with Crippen molar-refractivity contribution < 1.29 is 9.53 Å². The molecule has 0 spiro atoms. The minimum Gasteiger partial charge on any atom is -0.462 e. The normalized spacial score (nSPS) is 15.5. The molecule has 0 radical (unpaired) electrons. The van der Waals surface area contributed by atoms with Crippen molar-refractivity contribution in [2.75, 3.05) is 4.43 Å². The van der Waals surface area contributed by atoms with E-state index in [9.17, 15) is 4.79 Å². The van der Waals surface area contributed by atoms with E-state index in [0.29, 0.717) is 18.3 Å². The maximum Gasteiger partial charge on any atom is 0.305 e. The Morgan fingerprint density at radius 2 is 1.92 bits per heavy atom. The van der Waals surface area contributed by atoms with Gasteiger partial charge in [0, 0.05) is 16.8 Å². The van der Waals surface area contributed by atoms with Gasteiger partial charge in [0.15, 0.2) is 0 Å². The summed E-state index contributed by atoms with van der Waals surface area (Å²) in [5.41, 5.74) is 0. The Bertz CT molecular complexity index is 157. The highest BCUT2D eigenvalue weighted by atomic mass is 127. The zero-order valence-corrected chi connectivity index (χ0v) is 11.0. The van der Waals surface area contributed by atoms with Gasteiger partial charge in [-0.2, -0.15) is 0 Å². The van der Waals surface area contributed by atoms with Gasteiger partial charge in [-0.3, -0.25) is 4.79 Å². The standard InChI is InChI=1S/C10H19IO2/c1-5-9(12)13-10(7(2)3)8(4)6-11/h7-8,10H,5-6H2,1-4H3/t8-,10+/m1/s1. The first-order valence-corrected chi connectivity index (χ1v) is 6.30. The van der Waals surface area contributed by atoms with Crippen LogP contribution >= 0.6 is 22.6 Å². The summed E-state index contributed by atoms with van der Waals surface area (Å²) in [6, 6.07) is 0. The molecule has 3 heteroatoms. The molecule has 0 amide bonds.